The van der Waals surface area contributed by atoms with Gasteiger partial charge in [0.05, 0.1) is 0 Å². The van der Waals surface area contributed by atoms with E-state index in [4.69, 9.17) is 5.11 Å². The molecule has 3 nitrogen and oxygen atoms in total. The van der Waals surface area contributed by atoms with Gasteiger partial charge in [-0.1, -0.05) is 48.5 Å². The van der Waals surface area contributed by atoms with Gasteiger partial charge in [0.15, 0.2) is 0 Å². The molecule has 110 valence electrons. The maximum absolute atomic E-state index is 11.1. The summed E-state index contributed by atoms with van der Waals surface area (Å²) in [6.45, 7) is 2.38. The first-order chi connectivity index (χ1) is 10.6. The Labute approximate surface area is 129 Å². The zero-order valence-corrected chi connectivity index (χ0v) is 12.4. The topological polar surface area (TPSA) is 42.2 Å². The van der Waals surface area contributed by atoms with Gasteiger partial charge < -0.3 is 9.67 Å². The van der Waals surface area contributed by atoms with Crippen LogP contribution in [-0.2, 0) is 11.3 Å². The molecule has 3 aromatic rings. The minimum Gasteiger partial charge on any atom is -0.478 e. The highest BCUT2D eigenvalue weighted by atomic mass is 16.4. The number of para-hydroxylation sites is 1. The average Bonchev–Trinajstić information content (AvgIpc) is 2.86. The number of carbonyl (C=O) groups is 1. The van der Waals surface area contributed by atoms with Crippen molar-refractivity contribution >= 4 is 22.9 Å². The molecule has 0 fully saturated rings. The molecule has 0 bridgehead atoms. The molecule has 0 amide bonds. The van der Waals surface area contributed by atoms with E-state index in [2.05, 4.69) is 22.8 Å². The Hall–Kier alpha value is -2.81. The third kappa shape index (κ3) is 2.79. The first-order valence-electron chi connectivity index (χ1n) is 7.18. The van der Waals surface area contributed by atoms with Gasteiger partial charge in [0.25, 0.3) is 0 Å². The molecule has 0 unspecified atom stereocenters. The summed E-state index contributed by atoms with van der Waals surface area (Å²) >= 11 is 0. The molecule has 1 N–H and O–H groups in total. The van der Waals surface area contributed by atoms with E-state index >= 15 is 0 Å². The van der Waals surface area contributed by atoms with Crippen LogP contribution in [0.5, 0.6) is 0 Å². The van der Waals surface area contributed by atoms with E-state index in [1.165, 1.54) is 5.56 Å². The van der Waals surface area contributed by atoms with Gasteiger partial charge in [0, 0.05) is 34.8 Å². The minimum atomic E-state index is -0.889. The first-order valence-corrected chi connectivity index (χ1v) is 7.18. The molecule has 0 aliphatic carbocycles. The number of aromatic nitrogens is 1. The van der Waals surface area contributed by atoms with E-state index < -0.39 is 5.97 Å². The first kappa shape index (κ1) is 14.1. The minimum absolute atomic E-state index is 0.336. The Morgan fingerprint density at radius 1 is 1.09 bits per heavy atom. The molecule has 22 heavy (non-hydrogen) atoms. The fourth-order valence-corrected chi connectivity index (χ4v) is 2.60. The summed E-state index contributed by atoms with van der Waals surface area (Å²) in [4.78, 5) is 11.1. The van der Waals surface area contributed by atoms with Crippen LogP contribution in [0.1, 0.15) is 18.1 Å². The molecule has 0 radical (unpaired) electrons. The van der Waals surface area contributed by atoms with Crippen molar-refractivity contribution in [2.45, 2.75) is 13.5 Å². The zero-order chi connectivity index (χ0) is 15.5. The standard InChI is InChI=1S/C19H17NO2/c1-14(19(21)22)11-16-13-20(12-15-7-3-2-4-8-15)18-10-6-5-9-17(16)18/h2-11,13H,12H2,1H3,(H,21,22)/b14-11+. The Bertz CT molecular complexity index is 844. The number of carboxylic acid groups (broad SMARTS) is 1. The maximum Gasteiger partial charge on any atom is 0.331 e. The summed E-state index contributed by atoms with van der Waals surface area (Å²) in [7, 11) is 0. The second kappa shape index (κ2) is 5.90. The Morgan fingerprint density at radius 2 is 1.77 bits per heavy atom. The van der Waals surface area contributed by atoms with Crippen LogP contribution in [0.2, 0.25) is 0 Å². The van der Waals surface area contributed by atoms with E-state index in [1.807, 2.05) is 42.6 Å². The van der Waals surface area contributed by atoms with Crippen molar-refractivity contribution in [3.63, 3.8) is 0 Å². The highest BCUT2D eigenvalue weighted by Crippen LogP contribution is 2.24. The molecular weight excluding hydrogens is 274 g/mol. The van der Waals surface area contributed by atoms with Gasteiger partial charge in [-0.05, 0) is 24.6 Å². The van der Waals surface area contributed by atoms with Crippen molar-refractivity contribution in [2.24, 2.45) is 0 Å². The molecule has 1 aromatic heterocycles. The summed E-state index contributed by atoms with van der Waals surface area (Å²) in [5, 5.41) is 10.2. The molecule has 2 aromatic carbocycles. The van der Waals surface area contributed by atoms with Crippen LogP contribution < -0.4 is 0 Å². The Kier molecular flexibility index (Phi) is 3.79. The van der Waals surface area contributed by atoms with Crippen molar-refractivity contribution in [2.75, 3.05) is 0 Å². The summed E-state index contributed by atoms with van der Waals surface area (Å²) < 4.78 is 2.16. The fourth-order valence-electron chi connectivity index (χ4n) is 2.60. The summed E-state index contributed by atoms with van der Waals surface area (Å²) in [5.74, 6) is -0.889. The predicted molar refractivity (Wildman–Crippen MR) is 88.8 cm³/mol. The van der Waals surface area contributed by atoms with Crippen LogP contribution in [0.25, 0.3) is 17.0 Å². The van der Waals surface area contributed by atoms with Gasteiger partial charge in [-0.3, -0.25) is 0 Å². The van der Waals surface area contributed by atoms with Crippen LogP contribution in [0, 0.1) is 0 Å². The van der Waals surface area contributed by atoms with Gasteiger partial charge in [0.1, 0.15) is 0 Å². The van der Waals surface area contributed by atoms with Crippen molar-refractivity contribution in [1.29, 1.82) is 0 Å². The normalized spacial score (nSPS) is 11.8. The van der Waals surface area contributed by atoms with Crippen molar-refractivity contribution < 1.29 is 9.90 Å². The fraction of sp³-hybridized carbons (Fsp3) is 0.105. The number of hydrogen-bond acceptors (Lipinski definition) is 1. The molecule has 0 aliphatic heterocycles. The van der Waals surface area contributed by atoms with E-state index in [-0.39, 0.29) is 0 Å². The number of hydrogen-bond donors (Lipinski definition) is 1. The molecule has 0 aliphatic rings. The SMILES string of the molecule is C/C(=C\c1cn(Cc2ccccc2)c2ccccc12)C(=O)O. The van der Waals surface area contributed by atoms with Crippen molar-refractivity contribution in [1.82, 2.24) is 4.57 Å². The number of rotatable bonds is 4. The number of aliphatic carboxylic acids is 1. The zero-order valence-electron chi connectivity index (χ0n) is 12.4. The molecule has 0 spiro atoms. The third-order valence-electron chi connectivity index (χ3n) is 3.72. The molecule has 3 heteroatoms. The van der Waals surface area contributed by atoms with Crippen LogP contribution >= 0.6 is 0 Å². The molecular formula is C19H17NO2. The number of nitrogens with zero attached hydrogens (tertiary/aromatic N) is 1. The van der Waals surface area contributed by atoms with Crippen LogP contribution in [0.4, 0.5) is 0 Å². The largest absolute Gasteiger partial charge is 0.478 e. The lowest BCUT2D eigenvalue weighted by Gasteiger charge is -2.05. The van der Waals surface area contributed by atoms with E-state index in [9.17, 15) is 4.79 Å². The van der Waals surface area contributed by atoms with Crippen molar-refractivity contribution in [3.05, 3.63) is 77.5 Å². The van der Waals surface area contributed by atoms with Crippen molar-refractivity contribution in [3.8, 4) is 0 Å². The lowest BCUT2D eigenvalue weighted by atomic mass is 10.1. The van der Waals surface area contributed by atoms with Gasteiger partial charge >= 0.3 is 5.97 Å². The monoisotopic (exact) mass is 291 g/mol. The average molecular weight is 291 g/mol. The van der Waals surface area contributed by atoms with E-state index in [0.29, 0.717) is 5.57 Å². The molecule has 0 saturated carbocycles. The number of benzene rings is 2. The molecule has 3 rings (SSSR count). The van der Waals surface area contributed by atoms with Crippen LogP contribution in [-0.4, -0.2) is 15.6 Å². The summed E-state index contributed by atoms with van der Waals surface area (Å²) in [6.07, 6.45) is 3.75. The maximum atomic E-state index is 11.1. The second-order valence-electron chi connectivity index (χ2n) is 5.35. The Balaban J connectivity index is 2.08. The molecule has 1 heterocycles. The van der Waals surface area contributed by atoms with E-state index in [0.717, 1.165) is 23.0 Å². The lowest BCUT2D eigenvalue weighted by molar-refractivity contribution is -0.132. The van der Waals surface area contributed by atoms with E-state index in [1.54, 1.807) is 13.0 Å². The van der Waals surface area contributed by atoms with Gasteiger partial charge in [-0.2, -0.15) is 0 Å². The number of fused-ring (bicyclic) bond motifs is 1. The summed E-state index contributed by atoms with van der Waals surface area (Å²) in [6, 6.07) is 18.3. The van der Waals surface area contributed by atoms with Gasteiger partial charge in [0.2, 0.25) is 0 Å². The number of carboxylic acids is 1. The highest BCUT2D eigenvalue weighted by Gasteiger charge is 2.08. The smallest absolute Gasteiger partial charge is 0.331 e. The van der Waals surface area contributed by atoms with Crippen LogP contribution in [0.3, 0.4) is 0 Å². The second-order valence-corrected chi connectivity index (χ2v) is 5.35. The third-order valence-corrected chi connectivity index (χ3v) is 3.72. The predicted octanol–water partition coefficient (Wildman–Crippen LogP) is 4.18. The highest BCUT2D eigenvalue weighted by molar-refractivity contribution is 5.96. The molecule has 0 saturated heterocycles. The van der Waals surface area contributed by atoms with Gasteiger partial charge in [-0.15, -0.1) is 0 Å². The summed E-state index contributed by atoms with van der Waals surface area (Å²) in [5.41, 5.74) is 3.60. The molecule has 0 atom stereocenters. The lowest BCUT2D eigenvalue weighted by Crippen LogP contribution is -1.97. The van der Waals surface area contributed by atoms with Gasteiger partial charge in [-0.25, -0.2) is 4.79 Å². The Morgan fingerprint density at radius 3 is 2.50 bits per heavy atom. The van der Waals surface area contributed by atoms with Crippen LogP contribution in [0.15, 0.2) is 66.4 Å². The quantitative estimate of drug-likeness (QED) is 0.733.